The molecule has 1 fully saturated rings. The number of allylic oxidation sites excluding steroid dienone is 5. The van der Waals surface area contributed by atoms with E-state index in [9.17, 15) is 30.3 Å². The largest absolute Gasteiger partial charge is 0.394 e. The third-order valence-corrected chi connectivity index (χ3v) is 14.9. The third-order valence-electron chi connectivity index (χ3n) is 14.9. The van der Waals surface area contributed by atoms with Crippen LogP contribution in [-0.2, 0) is 14.3 Å². The third kappa shape index (κ3) is 41.6. The second-order valence-corrected chi connectivity index (χ2v) is 21.8. The smallest absolute Gasteiger partial charge is 0.220 e. The van der Waals surface area contributed by atoms with Gasteiger partial charge in [0.15, 0.2) is 6.29 Å². The minimum Gasteiger partial charge on any atom is -0.394 e. The van der Waals surface area contributed by atoms with Gasteiger partial charge in [0.25, 0.3) is 0 Å². The number of rotatable bonds is 54. The number of aliphatic hydroxyl groups is 5. The summed E-state index contributed by atoms with van der Waals surface area (Å²) in [5.74, 6) is -0.182. The zero-order valence-electron chi connectivity index (χ0n) is 47.2. The molecule has 0 saturated carbocycles. The molecule has 1 rings (SSSR count). The Bertz CT molecular complexity index is 1230. The van der Waals surface area contributed by atoms with Crippen LogP contribution in [0.25, 0.3) is 0 Å². The molecule has 9 nitrogen and oxygen atoms in total. The summed E-state index contributed by atoms with van der Waals surface area (Å²) < 4.78 is 11.3. The molecule has 6 N–H and O–H groups in total. The maximum atomic E-state index is 13.1. The van der Waals surface area contributed by atoms with Gasteiger partial charge in [-0.3, -0.25) is 4.79 Å². The van der Waals surface area contributed by atoms with E-state index in [0.29, 0.717) is 6.42 Å². The first-order valence-electron chi connectivity index (χ1n) is 31.2. The van der Waals surface area contributed by atoms with Crippen LogP contribution in [0.5, 0.6) is 0 Å². The molecule has 0 aliphatic carbocycles. The fraction of sp³-hybridized carbons (Fsp3) is 0.889. The summed E-state index contributed by atoms with van der Waals surface area (Å²) in [4.78, 5) is 13.1. The number of amides is 1. The first-order valence-corrected chi connectivity index (χ1v) is 31.2. The summed E-state index contributed by atoms with van der Waals surface area (Å²) in [5, 5.41) is 54.5. The number of carbonyl (C=O) groups is 1. The molecule has 1 aliphatic heterocycles. The molecule has 1 heterocycles. The monoisotopic (exact) mass is 1020 g/mol. The zero-order valence-corrected chi connectivity index (χ0v) is 47.2. The lowest BCUT2D eigenvalue weighted by atomic mass is 9.99. The second-order valence-electron chi connectivity index (χ2n) is 21.8. The Morgan fingerprint density at radius 3 is 1.17 bits per heavy atom. The topological polar surface area (TPSA) is 149 Å². The molecule has 7 atom stereocenters. The Balaban J connectivity index is 2.14. The van der Waals surface area contributed by atoms with E-state index in [4.69, 9.17) is 9.47 Å². The van der Waals surface area contributed by atoms with Crippen molar-refractivity contribution in [2.75, 3.05) is 13.2 Å². The minimum atomic E-state index is -1.57. The van der Waals surface area contributed by atoms with Crippen molar-refractivity contribution in [3.05, 3.63) is 36.5 Å². The van der Waals surface area contributed by atoms with E-state index in [-0.39, 0.29) is 12.5 Å². The molecule has 1 aliphatic rings. The highest BCUT2D eigenvalue weighted by molar-refractivity contribution is 5.76. The fourth-order valence-corrected chi connectivity index (χ4v) is 9.99. The number of aliphatic hydroxyl groups excluding tert-OH is 5. The lowest BCUT2D eigenvalue weighted by Gasteiger charge is -2.40. The van der Waals surface area contributed by atoms with E-state index in [1.165, 1.54) is 244 Å². The van der Waals surface area contributed by atoms with Gasteiger partial charge in [0.1, 0.15) is 24.4 Å². The molecule has 1 amide bonds. The highest BCUT2D eigenvalue weighted by atomic mass is 16.7. The fourth-order valence-electron chi connectivity index (χ4n) is 9.99. The molecule has 0 spiro atoms. The van der Waals surface area contributed by atoms with E-state index >= 15 is 0 Å². The van der Waals surface area contributed by atoms with Gasteiger partial charge in [0.2, 0.25) is 5.91 Å². The first-order chi connectivity index (χ1) is 35.3. The van der Waals surface area contributed by atoms with Crippen molar-refractivity contribution in [2.45, 2.75) is 346 Å². The second kappa shape index (κ2) is 52.8. The molecule has 1 saturated heterocycles. The van der Waals surface area contributed by atoms with Gasteiger partial charge >= 0.3 is 0 Å². The van der Waals surface area contributed by atoms with Crippen molar-refractivity contribution < 1.29 is 39.8 Å². The van der Waals surface area contributed by atoms with Crippen LogP contribution in [0.3, 0.4) is 0 Å². The van der Waals surface area contributed by atoms with E-state index in [2.05, 4.69) is 43.5 Å². The summed E-state index contributed by atoms with van der Waals surface area (Å²) in [5.41, 5.74) is 0. The lowest BCUT2D eigenvalue weighted by Crippen LogP contribution is -2.60. The van der Waals surface area contributed by atoms with Crippen molar-refractivity contribution in [2.24, 2.45) is 0 Å². The van der Waals surface area contributed by atoms with Gasteiger partial charge in [-0.25, -0.2) is 0 Å². The number of ether oxygens (including phenoxy) is 2. The van der Waals surface area contributed by atoms with Gasteiger partial charge in [0, 0.05) is 6.42 Å². The quantitative estimate of drug-likeness (QED) is 0.0261. The normalized spacial score (nSPS) is 19.3. The van der Waals surface area contributed by atoms with Crippen molar-refractivity contribution in [1.29, 1.82) is 0 Å². The highest BCUT2D eigenvalue weighted by Crippen LogP contribution is 2.23. The maximum absolute atomic E-state index is 13.1. The summed E-state index contributed by atoms with van der Waals surface area (Å²) in [6.45, 7) is 3.79. The Kier molecular flexibility index (Phi) is 50.2. The number of hydrogen-bond donors (Lipinski definition) is 6. The number of nitrogens with one attached hydrogen (secondary N) is 1. The SMILES string of the molecule is CCCCCCCCCCCCC/C=C/CC/C=C/C(O)C(COC1OC(CO)C(O)C(O)C1O)NC(=O)CCCCCCCCCCCCCCCCCC/C=C\CCCCCCCCCCCCCC. The minimum absolute atomic E-state index is 0.182. The van der Waals surface area contributed by atoms with E-state index in [1.807, 2.05) is 6.08 Å². The highest BCUT2D eigenvalue weighted by Gasteiger charge is 2.44. The molecule has 72 heavy (non-hydrogen) atoms. The molecule has 0 radical (unpaired) electrons. The molecule has 0 aromatic heterocycles. The molecule has 0 aromatic rings. The van der Waals surface area contributed by atoms with Crippen molar-refractivity contribution in [3.63, 3.8) is 0 Å². The number of carbonyl (C=O) groups excluding carboxylic acids is 1. The summed E-state index contributed by atoms with van der Waals surface area (Å²) in [7, 11) is 0. The summed E-state index contributed by atoms with van der Waals surface area (Å²) in [6, 6.07) is -0.820. The molecule has 424 valence electrons. The zero-order chi connectivity index (χ0) is 52.2. The molecule has 0 aromatic carbocycles. The van der Waals surface area contributed by atoms with Crippen molar-refractivity contribution in [1.82, 2.24) is 5.32 Å². The van der Waals surface area contributed by atoms with Crippen LogP contribution in [0.4, 0.5) is 0 Å². The van der Waals surface area contributed by atoms with Gasteiger partial charge < -0.3 is 40.3 Å². The Labute approximate surface area is 444 Å². The van der Waals surface area contributed by atoms with Crippen LogP contribution in [0.2, 0.25) is 0 Å². The van der Waals surface area contributed by atoms with Crippen LogP contribution in [-0.4, -0.2) is 87.5 Å². The van der Waals surface area contributed by atoms with Gasteiger partial charge in [0.05, 0.1) is 25.4 Å². The van der Waals surface area contributed by atoms with Gasteiger partial charge in [-0.2, -0.15) is 0 Å². The Hall–Kier alpha value is -1.59. The van der Waals surface area contributed by atoms with Crippen LogP contribution in [0, 0.1) is 0 Å². The summed E-state index contributed by atoms with van der Waals surface area (Å²) in [6.07, 6.45) is 62.4. The Morgan fingerprint density at radius 2 is 0.792 bits per heavy atom. The van der Waals surface area contributed by atoms with Crippen LogP contribution in [0.1, 0.15) is 303 Å². The molecule has 9 heteroatoms. The lowest BCUT2D eigenvalue weighted by molar-refractivity contribution is -0.302. The van der Waals surface area contributed by atoms with E-state index < -0.39 is 49.5 Å². The molecular weight excluding hydrogens is 899 g/mol. The number of hydrogen-bond acceptors (Lipinski definition) is 8. The molecular formula is C63H119NO8. The van der Waals surface area contributed by atoms with Gasteiger partial charge in [-0.05, 0) is 57.8 Å². The van der Waals surface area contributed by atoms with E-state index in [0.717, 1.165) is 38.5 Å². The predicted octanol–water partition coefficient (Wildman–Crippen LogP) is 15.9. The predicted molar refractivity (Wildman–Crippen MR) is 304 cm³/mol. The molecule has 0 bridgehead atoms. The summed E-state index contributed by atoms with van der Waals surface area (Å²) >= 11 is 0. The molecule has 7 unspecified atom stereocenters. The van der Waals surface area contributed by atoms with Gasteiger partial charge in [-0.15, -0.1) is 0 Å². The van der Waals surface area contributed by atoms with Gasteiger partial charge in [-0.1, -0.05) is 275 Å². The average Bonchev–Trinajstić information content (AvgIpc) is 3.38. The van der Waals surface area contributed by atoms with Crippen LogP contribution >= 0.6 is 0 Å². The van der Waals surface area contributed by atoms with Crippen LogP contribution in [0.15, 0.2) is 36.5 Å². The van der Waals surface area contributed by atoms with Crippen LogP contribution < -0.4 is 5.32 Å². The first kappa shape index (κ1) is 68.4. The maximum Gasteiger partial charge on any atom is 0.220 e. The average molecular weight is 1020 g/mol. The van der Waals surface area contributed by atoms with Crippen molar-refractivity contribution >= 4 is 5.91 Å². The van der Waals surface area contributed by atoms with Crippen molar-refractivity contribution in [3.8, 4) is 0 Å². The number of unbranched alkanes of at least 4 members (excludes halogenated alkanes) is 40. The standard InChI is InChI=1S/C63H119NO8/c1-3-5-7-9-11-13-15-17-19-21-22-23-24-25-26-27-28-29-30-31-32-33-34-35-37-39-41-43-45-47-49-51-53-59(67)64-56(55-71-63-62(70)61(69)60(68)58(54-65)72-63)57(66)52-50-48-46-44-42-40-38-36-20-18-16-14-12-10-8-6-4-2/h25-26,42,44,50,52,56-58,60-63,65-66,68-70H,3-24,27-41,43,45-49,51,53-55H2,1-2H3,(H,64,67)/b26-25-,44-42+,52-50+. The Morgan fingerprint density at radius 1 is 0.458 bits per heavy atom. The van der Waals surface area contributed by atoms with E-state index in [1.54, 1.807) is 6.08 Å².